The highest BCUT2D eigenvalue weighted by molar-refractivity contribution is 5.75. The van der Waals surface area contributed by atoms with Gasteiger partial charge in [-0.3, -0.25) is 4.79 Å². The summed E-state index contributed by atoms with van der Waals surface area (Å²) in [5, 5.41) is 11.3. The standard InChI is InChI=1S/C24H37NO3/c1-2-3-4-5-6-7-8-9-10-11-12-14-17-22-23(28-22)18-15-13-16-19-24(27)25-20-21-26/h3-4,6-7,9-10,12-15,22-23,26H,2,5,8,11,16-21H2,1H3,(H,25,27)/b4-3-,7-6-,10-9-,14-12-,15-13-. The summed E-state index contributed by atoms with van der Waals surface area (Å²) in [6.45, 7) is 2.47. The van der Waals surface area contributed by atoms with Crippen molar-refractivity contribution in [2.75, 3.05) is 13.2 Å². The second-order valence-corrected chi connectivity index (χ2v) is 6.77. The molecule has 1 saturated heterocycles. The second-order valence-electron chi connectivity index (χ2n) is 6.77. The number of epoxide rings is 1. The molecule has 28 heavy (non-hydrogen) atoms. The molecule has 0 aromatic carbocycles. The highest BCUT2D eigenvalue weighted by Gasteiger charge is 2.35. The zero-order valence-corrected chi connectivity index (χ0v) is 17.3. The number of aliphatic hydroxyl groups is 1. The number of hydrogen-bond acceptors (Lipinski definition) is 3. The Morgan fingerprint density at radius 3 is 1.96 bits per heavy atom. The summed E-state index contributed by atoms with van der Waals surface area (Å²) in [4.78, 5) is 11.4. The van der Waals surface area contributed by atoms with Gasteiger partial charge in [0.2, 0.25) is 5.91 Å². The maximum Gasteiger partial charge on any atom is 0.220 e. The van der Waals surface area contributed by atoms with Gasteiger partial charge in [0.1, 0.15) is 0 Å². The number of rotatable bonds is 16. The molecule has 1 aliphatic rings. The molecule has 1 aliphatic heterocycles. The van der Waals surface area contributed by atoms with Crippen LogP contribution in [0.2, 0.25) is 0 Å². The number of ether oxygens (including phenoxy) is 1. The van der Waals surface area contributed by atoms with Crippen LogP contribution in [0.5, 0.6) is 0 Å². The van der Waals surface area contributed by atoms with Crippen LogP contribution in [0.4, 0.5) is 0 Å². The molecule has 0 aromatic rings. The number of amides is 1. The fourth-order valence-corrected chi connectivity index (χ4v) is 2.65. The monoisotopic (exact) mass is 387 g/mol. The van der Waals surface area contributed by atoms with E-state index in [-0.39, 0.29) is 12.5 Å². The highest BCUT2D eigenvalue weighted by Crippen LogP contribution is 2.29. The number of aliphatic hydroxyl groups excluding tert-OH is 1. The molecule has 156 valence electrons. The van der Waals surface area contributed by atoms with E-state index in [0.29, 0.717) is 25.2 Å². The molecule has 1 amide bonds. The summed E-state index contributed by atoms with van der Waals surface area (Å²) in [7, 11) is 0. The second kappa shape index (κ2) is 17.2. The molecule has 0 radical (unpaired) electrons. The molecule has 1 heterocycles. The average Bonchev–Trinajstić information content (AvgIpc) is 3.45. The maximum absolute atomic E-state index is 11.4. The Morgan fingerprint density at radius 1 is 0.857 bits per heavy atom. The zero-order chi connectivity index (χ0) is 20.3. The van der Waals surface area contributed by atoms with E-state index in [1.165, 1.54) is 0 Å². The first-order valence-corrected chi connectivity index (χ1v) is 10.6. The van der Waals surface area contributed by atoms with Crippen molar-refractivity contribution in [3.63, 3.8) is 0 Å². The van der Waals surface area contributed by atoms with E-state index in [0.717, 1.165) is 44.9 Å². The first-order chi connectivity index (χ1) is 13.8. The third kappa shape index (κ3) is 14.2. The number of allylic oxidation sites excluding steroid dienone is 8. The van der Waals surface area contributed by atoms with Gasteiger partial charge >= 0.3 is 0 Å². The first kappa shape index (κ1) is 24.1. The molecule has 0 aromatic heterocycles. The van der Waals surface area contributed by atoms with Crippen LogP contribution in [0.15, 0.2) is 60.8 Å². The largest absolute Gasteiger partial charge is 0.395 e. The molecule has 4 heteroatoms. The van der Waals surface area contributed by atoms with Crippen LogP contribution in [0, 0.1) is 0 Å². The van der Waals surface area contributed by atoms with E-state index in [1.54, 1.807) is 0 Å². The van der Waals surface area contributed by atoms with E-state index in [4.69, 9.17) is 9.84 Å². The summed E-state index contributed by atoms with van der Waals surface area (Å²) in [5.41, 5.74) is 0. The highest BCUT2D eigenvalue weighted by atomic mass is 16.6. The van der Waals surface area contributed by atoms with Crippen LogP contribution in [-0.4, -0.2) is 36.4 Å². The molecule has 1 fully saturated rings. The minimum Gasteiger partial charge on any atom is -0.395 e. The number of nitrogens with one attached hydrogen (secondary N) is 1. The SMILES string of the molecule is CC/C=C\C/C=C\C/C=C\C/C=C\CC1OC1C/C=C\CCC(=O)NCCO. The molecule has 0 aliphatic carbocycles. The lowest BCUT2D eigenvalue weighted by Crippen LogP contribution is -2.25. The van der Waals surface area contributed by atoms with Crippen molar-refractivity contribution in [1.82, 2.24) is 5.32 Å². The maximum atomic E-state index is 11.4. The molecule has 4 nitrogen and oxygen atoms in total. The minimum absolute atomic E-state index is 0.0126. The third-order valence-corrected chi connectivity index (χ3v) is 4.28. The van der Waals surface area contributed by atoms with Gasteiger partial charge in [0.05, 0.1) is 18.8 Å². The van der Waals surface area contributed by atoms with Gasteiger partial charge in [-0.15, -0.1) is 0 Å². The molecular formula is C24H37NO3. The molecule has 2 atom stereocenters. The number of carbonyl (C=O) groups excluding carboxylic acids is 1. The molecule has 2 unspecified atom stereocenters. The zero-order valence-electron chi connectivity index (χ0n) is 17.3. The van der Waals surface area contributed by atoms with Crippen molar-refractivity contribution in [2.45, 2.75) is 70.5 Å². The lowest BCUT2D eigenvalue weighted by Gasteiger charge is -1.99. The van der Waals surface area contributed by atoms with Crippen LogP contribution in [0.1, 0.15) is 58.3 Å². The Balaban J connectivity index is 1.96. The van der Waals surface area contributed by atoms with Crippen molar-refractivity contribution >= 4 is 5.91 Å². The summed E-state index contributed by atoms with van der Waals surface area (Å²) in [6.07, 6.45) is 29.6. The number of hydrogen-bond donors (Lipinski definition) is 2. The van der Waals surface area contributed by atoms with Crippen molar-refractivity contribution in [2.24, 2.45) is 0 Å². The predicted octanol–water partition coefficient (Wildman–Crippen LogP) is 4.78. The third-order valence-electron chi connectivity index (χ3n) is 4.28. The minimum atomic E-state index is -0.0152. The summed E-state index contributed by atoms with van der Waals surface area (Å²) in [5.74, 6) is -0.0152. The fourth-order valence-electron chi connectivity index (χ4n) is 2.65. The van der Waals surface area contributed by atoms with E-state index in [9.17, 15) is 4.79 Å². The van der Waals surface area contributed by atoms with Gasteiger partial charge in [0.25, 0.3) is 0 Å². The summed E-state index contributed by atoms with van der Waals surface area (Å²) >= 11 is 0. The van der Waals surface area contributed by atoms with Crippen LogP contribution < -0.4 is 5.32 Å². The van der Waals surface area contributed by atoms with Crippen LogP contribution in [0.25, 0.3) is 0 Å². The summed E-state index contributed by atoms with van der Waals surface area (Å²) < 4.78 is 5.66. The quantitative estimate of drug-likeness (QED) is 0.296. The number of carbonyl (C=O) groups is 1. The molecular weight excluding hydrogens is 350 g/mol. The van der Waals surface area contributed by atoms with Gasteiger partial charge in [-0.25, -0.2) is 0 Å². The van der Waals surface area contributed by atoms with Gasteiger partial charge in [0.15, 0.2) is 0 Å². The smallest absolute Gasteiger partial charge is 0.220 e. The van der Waals surface area contributed by atoms with Crippen molar-refractivity contribution < 1.29 is 14.6 Å². The van der Waals surface area contributed by atoms with E-state index < -0.39 is 0 Å². The summed E-state index contributed by atoms with van der Waals surface area (Å²) in [6, 6.07) is 0. The first-order valence-electron chi connectivity index (χ1n) is 10.6. The van der Waals surface area contributed by atoms with Gasteiger partial charge < -0.3 is 15.2 Å². The van der Waals surface area contributed by atoms with E-state index >= 15 is 0 Å². The van der Waals surface area contributed by atoms with Crippen molar-refractivity contribution in [3.8, 4) is 0 Å². The molecule has 0 bridgehead atoms. The Labute approximate surface area is 170 Å². The molecule has 2 N–H and O–H groups in total. The van der Waals surface area contributed by atoms with Crippen molar-refractivity contribution in [1.29, 1.82) is 0 Å². The normalized spacial score (nSPS) is 19.8. The van der Waals surface area contributed by atoms with Crippen LogP contribution in [0.3, 0.4) is 0 Å². The predicted molar refractivity (Wildman–Crippen MR) is 117 cm³/mol. The average molecular weight is 388 g/mol. The topological polar surface area (TPSA) is 61.9 Å². The fraction of sp³-hybridized carbons (Fsp3) is 0.542. The van der Waals surface area contributed by atoms with Gasteiger partial charge in [-0.05, 0) is 44.9 Å². The Kier molecular flexibility index (Phi) is 14.8. The van der Waals surface area contributed by atoms with E-state index in [2.05, 4.69) is 66.9 Å². The molecule has 0 spiro atoms. The van der Waals surface area contributed by atoms with Gasteiger partial charge in [-0.1, -0.05) is 67.7 Å². The van der Waals surface area contributed by atoms with Crippen LogP contribution in [-0.2, 0) is 9.53 Å². The molecule has 1 rings (SSSR count). The van der Waals surface area contributed by atoms with Gasteiger partial charge in [0, 0.05) is 13.0 Å². The van der Waals surface area contributed by atoms with E-state index in [1.807, 2.05) is 6.08 Å². The van der Waals surface area contributed by atoms with Gasteiger partial charge in [-0.2, -0.15) is 0 Å². The Hall–Kier alpha value is -1.91. The lowest BCUT2D eigenvalue weighted by molar-refractivity contribution is -0.121. The Morgan fingerprint density at radius 2 is 1.39 bits per heavy atom. The van der Waals surface area contributed by atoms with Crippen molar-refractivity contribution in [3.05, 3.63) is 60.8 Å². The molecule has 0 saturated carbocycles. The van der Waals surface area contributed by atoms with Crippen LogP contribution >= 0.6 is 0 Å². The lowest BCUT2D eigenvalue weighted by atomic mass is 10.1. The Bertz CT molecular complexity index is 546.